The zero-order chi connectivity index (χ0) is 33.3. The van der Waals surface area contributed by atoms with Gasteiger partial charge >= 0.3 is 6.09 Å². The van der Waals surface area contributed by atoms with E-state index in [0.29, 0.717) is 49.4 Å². The monoisotopic (exact) mass is 655 g/mol. The second kappa shape index (κ2) is 13.5. The zero-order valence-electron chi connectivity index (χ0n) is 28.5. The number of piperidine rings is 1. The average molecular weight is 656 g/mol. The van der Waals surface area contributed by atoms with Crippen molar-refractivity contribution in [1.29, 1.82) is 0 Å². The molecule has 3 heterocycles. The number of nitrogens with one attached hydrogen (secondary N) is 2. The van der Waals surface area contributed by atoms with Crippen molar-refractivity contribution in [3.8, 4) is 11.1 Å². The Morgan fingerprint density at radius 2 is 1.57 bits per heavy atom. The molecule has 3 aliphatic rings. The number of hydrogen-bond acceptors (Lipinski definition) is 6. The number of aryl methyl sites for hydroxylation is 1. The molecule has 0 radical (unpaired) electrons. The lowest BCUT2D eigenvalue weighted by molar-refractivity contribution is -0.116. The van der Waals surface area contributed by atoms with Crippen molar-refractivity contribution in [2.45, 2.75) is 108 Å². The summed E-state index contributed by atoms with van der Waals surface area (Å²) in [6.45, 7) is 11.8. The second-order valence-electron chi connectivity index (χ2n) is 14.9. The third-order valence-electron chi connectivity index (χ3n) is 10.6. The predicted molar refractivity (Wildman–Crippen MR) is 189 cm³/mol. The number of fused-ring (bicyclic) bond motifs is 5. The van der Waals surface area contributed by atoms with E-state index in [2.05, 4.69) is 62.5 Å². The summed E-state index contributed by atoms with van der Waals surface area (Å²) in [5.74, 6) is -0.00852. The molecule has 3 aromatic carbocycles. The lowest BCUT2D eigenvalue weighted by atomic mass is 9.98. The Labute approximate surface area is 280 Å². The highest BCUT2D eigenvalue weighted by atomic mass is 28.4. The summed E-state index contributed by atoms with van der Waals surface area (Å²) in [6.07, 6.45) is 3.53. The number of anilines is 2. The number of carbonyl (C=O) groups excluding carboxylic acids is 2. The topological polar surface area (TPSA) is 92.4 Å². The molecule has 3 saturated heterocycles. The lowest BCUT2D eigenvalue weighted by Gasteiger charge is -2.37. The summed E-state index contributed by atoms with van der Waals surface area (Å²) < 4.78 is 18.0. The molecule has 2 bridgehead atoms. The highest BCUT2D eigenvalue weighted by molar-refractivity contribution is 6.74. The highest BCUT2D eigenvalue weighted by Gasteiger charge is 2.62. The number of hydrogen-bond donors (Lipinski definition) is 2. The van der Waals surface area contributed by atoms with Gasteiger partial charge in [0.15, 0.2) is 8.32 Å². The van der Waals surface area contributed by atoms with Gasteiger partial charge in [-0.1, -0.05) is 69.3 Å². The summed E-state index contributed by atoms with van der Waals surface area (Å²) in [4.78, 5) is 28.2. The van der Waals surface area contributed by atoms with Gasteiger partial charge in [-0.15, -0.1) is 0 Å². The molecule has 6 rings (SSSR count). The molecule has 3 aliphatic heterocycles. The number of morpholine rings is 1. The summed E-state index contributed by atoms with van der Waals surface area (Å²) in [5.41, 5.74) is 5.65. The van der Waals surface area contributed by atoms with Gasteiger partial charge in [0, 0.05) is 42.6 Å². The van der Waals surface area contributed by atoms with Crippen molar-refractivity contribution >= 4 is 31.7 Å². The number of ether oxygens (including phenoxy) is 2. The normalized spacial score (nSPS) is 23.6. The summed E-state index contributed by atoms with van der Waals surface area (Å²) in [7, 11) is 0.329. The van der Waals surface area contributed by atoms with Crippen LogP contribution in [0, 0.1) is 0 Å². The van der Waals surface area contributed by atoms with Crippen molar-refractivity contribution in [2.75, 3.05) is 17.7 Å². The van der Waals surface area contributed by atoms with E-state index in [1.54, 1.807) is 0 Å². The number of carbonyl (C=O) groups is 2. The SMILES string of the molecule is CN1[C@@H]2CC(OC(=O)Nc3ccc(CCCC(=O)Nc4ccc(CO[Si](C)(C)C(C)(C)C)cc4)cc3-c3ccccc3)C[C@H]1[C@@H]1O[C@@H]12. The molecule has 0 aromatic heterocycles. The Bertz CT molecular complexity index is 1550. The first-order chi connectivity index (χ1) is 22.4. The van der Waals surface area contributed by atoms with Crippen molar-refractivity contribution in [3.63, 3.8) is 0 Å². The van der Waals surface area contributed by atoms with Crippen molar-refractivity contribution in [1.82, 2.24) is 4.90 Å². The third-order valence-corrected chi connectivity index (χ3v) is 15.0. The molecule has 8 nitrogen and oxygen atoms in total. The van der Waals surface area contributed by atoms with E-state index >= 15 is 0 Å². The summed E-state index contributed by atoms with van der Waals surface area (Å²) in [6, 6.07) is 24.7. The van der Waals surface area contributed by atoms with E-state index < -0.39 is 14.4 Å². The molecule has 5 atom stereocenters. The molecule has 9 heteroatoms. The molecule has 0 spiro atoms. The fourth-order valence-corrected chi connectivity index (χ4v) is 7.60. The van der Waals surface area contributed by atoms with Crippen LogP contribution >= 0.6 is 0 Å². The fourth-order valence-electron chi connectivity index (χ4n) is 6.64. The molecule has 0 saturated carbocycles. The number of epoxide rings is 1. The highest BCUT2D eigenvalue weighted by Crippen LogP contribution is 2.48. The van der Waals surface area contributed by atoms with Crippen LogP contribution in [0.15, 0.2) is 72.8 Å². The Balaban J connectivity index is 1.01. The third kappa shape index (κ3) is 7.80. The predicted octanol–water partition coefficient (Wildman–Crippen LogP) is 8.00. The molecule has 3 aromatic rings. The van der Waals surface area contributed by atoms with Gasteiger partial charge in [0.2, 0.25) is 5.91 Å². The van der Waals surface area contributed by atoms with Gasteiger partial charge in [-0.3, -0.25) is 15.0 Å². The average Bonchev–Trinajstić information content (AvgIpc) is 3.80. The minimum Gasteiger partial charge on any atom is -0.446 e. The zero-order valence-corrected chi connectivity index (χ0v) is 29.5. The van der Waals surface area contributed by atoms with Gasteiger partial charge in [-0.05, 0) is 79.0 Å². The lowest BCUT2D eigenvalue weighted by Crippen LogP contribution is -2.48. The Morgan fingerprint density at radius 3 is 2.23 bits per heavy atom. The molecule has 47 heavy (non-hydrogen) atoms. The summed E-state index contributed by atoms with van der Waals surface area (Å²) >= 11 is 0. The van der Waals surface area contributed by atoms with Gasteiger partial charge in [0.05, 0.1) is 12.3 Å². The first-order valence-corrected chi connectivity index (χ1v) is 19.8. The van der Waals surface area contributed by atoms with Crippen molar-refractivity contribution in [3.05, 3.63) is 83.9 Å². The Kier molecular flexibility index (Phi) is 9.63. The number of benzene rings is 3. The standard InChI is InChI=1S/C38H49N3O5Si/c1-38(2,3)47(5,6)44-24-26-15-18-28(19-16-26)39-34(42)14-10-11-25-17-20-31(30(21-25)27-12-8-7-9-13-27)40-37(43)45-29-22-32-35-36(46-35)33(23-29)41(32)4/h7-9,12-13,15-21,29,32-33,35-36H,10-11,14,22-24H2,1-6H3,(H,39,42)(H,40,43)/t29?,32-,33+,35-,36+. The van der Waals surface area contributed by atoms with Gasteiger partial charge < -0.3 is 19.2 Å². The van der Waals surface area contributed by atoms with Crippen LogP contribution < -0.4 is 10.6 Å². The maximum Gasteiger partial charge on any atom is 0.411 e. The van der Waals surface area contributed by atoms with E-state index in [0.717, 1.165) is 47.2 Å². The van der Waals surface area contributed by atoms with E-state index in [4.69, 9.17) is 13.9 Å². The van der Waals surface area contributed by atoms with Crippen LogP contribution in [0.1, 0.15) is 57.6 Å². The minimum absolute atomic E-state index is 0.00852. The maximum absolute atomic E-state index is 13.1. The quantitative estimate of drug-likeness (QED) is 0.161. The van der Waals surface area contributed by atoms with Crippen LogP contribution in [-0.4, -0.2) is 62.7 Å². The number of rotatable bonds is 11. The molecule has 250 valence electrons. The van der Waals surface area contributed by atoms with E-state index in [1.807, 2.05) is 66.7 Å². The van der Waals surface area contributed by atoms with Crippen molar-refractivity contribution in [2.24, 2.45) is 0 Å². The van der Waals surface area contributed by atoms with Gasteiger partial charge in [0.1, 0.15) is 18.3 Å². The van der Waals surface area contributed by atoms with Crippen LogP contribution in [0.4, 0.5) is 16.2 Å². The summed E-state index contributed by atoms with van der Waals surface area (Å²) in [5, 5.41) is 6.21. The first kappa shape index (κ1) is 33.4. The molecule has 0 aliphatic carbocycles. The number of amides is 2. The Morgan fingerprint density at radius 1 is 0.915 bits per heavy atom. The largest absolute Gasteiger partial charge is 0.446 e. The van der Waals surface area contributed by atoms with E-state index in [9.17, 15) is 9.59 Å². The van der Waals surface area contributed by atoms with E-state index in [1.165, 1.54) is 0 Å². The maximum atomic E-state index is 13.1. The molecular formula is C38H49N3O5Si. The van der Waals surface area contributed by atoms with E-state index in [-0.39, 0.29) is 17.0 Å². The van der Waals surface area contributed by atoms with Gasteiger partial charge in [0.25, 0.3) is 0 Å². The molecule has 1 unspecified atom stereocenters. The molecular weight excluding hydrogens is 607 g/mol. The second-order valence-corrected chi connectivity index (χ2v) is 19.7. The van der Waals surface area contributed by atoms with Crippen LogP contribution in [0.2, 0.25) is 18.1 Å². The fraction of sp³-hybridized carbons (Fsp3) is 0.474. The van der Waals surface area contributed by atoms with Crippen LogP contribution in [0.25, 0.3) is 11.1 Å². The van der Waals surface area contributed by atoms with Crippen LogP contribution in [0.3, 0.4) is 0 Å². The Hall–Kier alpha value is -3.50. The molecule has 2 amide bonds. The van der Waals surface area contributed by atoms with Gasteiger partial charge in [-0.25, -0.2) is 4.79 Å². The molecule has 3 fully saturated rings. The molecule has 2 N–H and O–H groups in total. The minimum atomic E-state index is -1.82. The van der Waals surface area contributed by atoms with Crippen LogP contribution in [-0.2, 0) is 31.7 Å². The smallest absolute Gasteiger partial charge is 0.411 e. The van der Waals surface area contributed by atoms with Crippen LogP contribution in [0.5, 0.6) is 0 Å². The van der Waals surface area contributed by atoms with Gasteiger partial charge in [-0.2, -0.15) is 0 Å². The van der Waals surface area contributed by atoms with Crippen molar-refractivity contribution < 1.29 is 23.5 Å². The first-order valence-electron chi connectivity index (χ1n) is 16.9. The number of nitrogens with zero attached hydrogens (tertiary/aromatic N) is 1. The number of likely N-dealkylation sites (N-methyl/N-ethyl adjacent to an activating group) is 1.